The number of fused-ring (bicyclic) bond motifs is 1. The molecule has 21 heavy (non-hydrogen) atoms. The third-order valence-corrected chi connectivity index (χ3v) is 3.52. The second-order valence-electron chi connectivity index (χ2n) is 4.87. The molecule has 6 heteroatoms. The molecule has 3 aromatic rings. The van der Waals surface area contributed by atoms with Crippen molar-refractivity contribution in [2.24, 2.45) is 7.05 Å². The Hall–Kier alpha value is -2.89. The van der Waals surface area contributed by atoms with Crippen molar-refractivity contribution in [2.45, 2.75) is 6.92 Å². The topological polar surface area (TPSA) is 77.1 Å². The maximum Gasteiger partial charge on any atom is 0.341 e. The average Bonchev–Trinajstić information content (AvgIpc) is 2.79. The highest BCUT2D eigenvalue weighted by atomic mass is 16.4. The molecule has 1 aromatic carbocycles. The lowest BCUT2D eigenvalue weighted by atomic mass is 10.1. The van der Waals surface area contributed by atoms with Crippen LogP contribution in [0.4, 0.5) is 0 Å². The molecular weight excluding hydrogens is 270 g/mol. The van der Waals surface area contributed by atoms with E-state index in [4.69, 9.17) is 5.11 Å². The zero-order chi connectivity index (χ0) is 15.1. The monoisotopic (exact) mass is 283 g/mol. The van der Waals surface area contributed by atoms with Gasteiger partial charge >= 0.3 is 5.97 Å². The first-order valence-corrected chi connectivity index (χ1v) is 6.37. The van der Waals surface area contributed by atoms with Crippen LogP contribution in [0.1, 0.15) is 15.9 Å². The Labute approximate surface area is 119 Å². The SMILES string of the molecule is Cc1ccn(-c2ccc3c(cnn3C)c2)c(=O)c1C(=O)O. The number of nitrogens with zero attached hydrogens (tertiary/aromatic N) is 3. The number of carboxylic acids is 1. The smallest absolute Gasteiger partial charge is 0.341 e. The largest absolute Gasteiger partial charge is 0.477 e. The predicted octanol–water partition coefficient (Wildman–Crippen LogP) is 1.73. The summed E-state index contributed by atoms with van der Waals surface area (Å²) in [6.45, 7) is 1.61. The first-order valence-electron chi connectivity index (χ1n) is 6.37. The van der Waals surface area contributed by atoms with Crippen molar-refractivity contribution in [3.8, 4) is 5.69 Å². The van der Waals surface area contributed by atoms with E-state index in [0.29, 0.717) is 11.3 Å². The van der Waals surface area contributed by atoms with Gasteiger partial charge in [-0.1, -0.05) is 0 Å². The molecular formula is C15H13N3O3. The van der Waals surface area contributed by atoms with Gasteiger partial charge < -0.3 is 5.11 Å². The summed E-state index contributed by atoms with van der Waals surface area (Å²) < 4.78 is 3.07. The summed E-state index contributed by atoms with van der Waals surface area (Å²) in [7, 11) is 1.84. The van der Waals surface area contributed by atoms with Crippen LogP contribution >= 0.6 is 0 Å². The molecule has 0 fully saturated rings. The van der Waals surface area contributed by atoms with Crippen LogP contribution < -0.4 is 5.56 Å². The highest BCUT2D eigenvalue weighted by molar-refractivity contribution is 5.89. The normalized spacial score (nSPS) is 11.0. The molecule has 2 heterocycles. The number of rotatable bonds is 2. The van der Waals surface area contributed by atoms with E-state index in [2.05, 4.69) is 5.10 Å². The van der Waals surface area contributed by atoms with Gasteiger partial charge in [-0.15, -0.1) is 0 Å². The van der Waals surface area contributed by atoms with Crippen molar-refractivity contribution >= 4 is 16.9 Å². The molecule has 0 spiro atoms. The molecule has 0 aliphatic heterocycles. The van der Waals surface area contributed by atoms with Gasteiger partial charge in [0, 0.05) is 24.3 Å². The predicted molar refractivity (Wildman–Crippen MR) is 78.0 cm³/mol. The van der Waals surface area contributed by atoms with Gasteiger partial charge in [0.1, 0.15) is 5.56 Å². The van der Waals surface area contributed by atoms with Crippen molar-refractivity contribution in [1.82, 2.24) is 14.3 Å². The van der Waals surface area contributed by atoms with Crippen molar-refractivity contribution < 1.29 is 9.90 Å². The number of pyridine rings is 1. The molecule has 0 aliphatic rings. The number of carboxylic acid groups (broad SMARTS) is 1. The maximum absolute atomic E-state index is 12.3. The van der Waals surface area contributed by atoms with E-state index in [1.54, 1.807) is 36.1 Å². The Balaban J connectivity index is 2.25. The van der Waals surface area contributed by atoms with E-state index in [1.165, 1.54) is 4.57 Å². The number of hydrogen-bond donors (Lipinski definition) is 1. The van der Waals surface area contributed by atoms with Crippen LogP contribution in [0.2, 0.25) is 0 Å². The molecule has 1 N–H and O–H groups in total. The van der Waals surface area contributed by atoms with Crippen molar-refractivity contribution in [3.05, 3.63) is 58.1 Å². The van der Waals surface area contributed by atoms with Crippen LogP contribution in [0.5, 0.6) is 0 Å². The lowest BCUT2D eigenvalue weighted by Gasteiger charge is -2.08. The zero-order valence-corrected chi connectivity index (χ0v) is 11.6. The Morgan fingerprint density at radius 3 is 2.76 bits per heavy atom. The fourth-order valence-electron chi connectivity index (χ4n) is 2.39. The zero-order valence-electron chi connectivity index (χ0n) is 11.6. The van der Waals surface area contributed by atoms with Crippen LogP contribution in [0.3, 0.4) is 0 Å². The number of aromatic carboxylic acids is 1. The van der Waals surface area contributed by atoms with E-state index in [-0.39, 0.29) is 5.56 Å². The summed E-state index contributed by atoms with van der Waals surface area (Å²) in [6, 6.07) is 7.06. The molecule has 0 bridgehead atoms. The molecule has 3 rings (SSSR count). The summed E-state index contributed by atoms with van der Waals surface area (Å²) >= 11 is 0. The van der Waals surface area contributed by atoms with Crippen molar-refractivity contribution in [2.75, 3.05) is 0 Å². The summed E-state index contributed by atoms with van der Waals surface area (Å²) in [5.74, 6) is -1.21. The summed E-state index contributed by atoms with van der Waals surface area (Å²) in [6.07, 6.45) is 3.29. The minimum Gasteiger partial charge on any atom is -0.477 e. The molecule has 6 nitrogen and oxygen atoms in total. The molecule has 0 amide bonds. The summed E-state index contributed by atoms with van der Waals surface area (Å²) in [5, 5.41) is 14.2. The molecule has 0 atom stereocenters. The van der Waals surface area contributed by atoms with Gasteiger partial charge in [-0.3, -0.25) is 14.0 Å². The van der Waals surface area contributed by atoms with Gasteiger partial charge in [-0.05, 0) is 36.8 Å². The van der Waals surface area contributed by atoms with Crippen LogP contribution in [0.15, 0.2) is 41.5 Å². The van der Waals surface area contributed by atoms with Crippen LogP contribution in [0, 0.1) is 6.92 Å². The lowest BCUT2D eigenvalue weighted by molar-refractivity contribution is 0.0694. The minimum atomic E-state index is -1.21. The Morgan fingerprint density at radius 1 is 1.29 bits per heavy atom. The number of benzene rings is 1. The number of aromatic nitrogens is 3. The van der Waals surface area contributed by atoms with Crippen LogP contribution in [0.25, 0.3) is 16.6 Å². The average molecular weight is 283 g/mol. The van der Waals surface area contributed by atoms with Gasteiger partial charge in [0.2, 0.25) is 0 Å². The summed E-state index contributed by atoms with van der Waals surface area (Å²) in [4.78, 5) is 23.5. The molecule has 106 valence electrons. The Bertz CT molecular complexity index is 922. The van der Waals surface area contributed by atoms with E-state index in [0.717, 1.165) is 10.9 Å². The first-order chi connectivity index (χ1) is 9.99. The van der Waals surface area contributed by atoms with Gasteiger partial charge in [0.05, 0.1) is 11.7 Å². The van der Waals surface area contributed by atoms with E-state index in [9.17, 15) is 9.59 Å². The van der Waals surface area contributed by atoms with Crippen molar-refractivity contribution in [3.63, 3.8) is 0 Å². The fourth-order valence-corrected chi connectivity index (χ4v) is 2.39. The second kappa shape index (κ2) is 4.59. The van der Waals surface area contributed by atoms with Gasteiger partial charge in [0.25, 0.3) is 5.56 Å². The number of carbonyl (C=O) groups is 1. The van der Waals surface area contributed by atoms with E-state index in [1.807, 2.05) is 19.2 Å². The lowest BCUT2D eigenvalue weighted by Crippen LogP contribution is -2.26. The molecule has 0 saturated carbocycles. The molecule has 0 radical (unpaired) electrons. The van der Waals surface area contributed by atoms with Crippen molar-refractivity contribution in [1.29, 1.82) is 0 Å². The second-order valence-corrected chi connectivity index (χ2v) is 4.87. The highest BCUT2D eigenvalue weighted by Crippen LogP contribution is 2.17. The fraction of sp³-hybridized carbons (Fsp3) is 0.133. The van der Waals surface area contributed by atoms with E-state index >= 15 is 0 Å². The first kappa shape index (κ1) is 13.1. The quantitative estimate of drug-likeness (QED) is 0.777. The Morgan fingerprint density at radius 2 is 2.05 bits per heavy atom. The van der Waals surface area contributed by atoms with Crippen LogP contribution in [-0.4, -0.2) is 25.4 Å². The van der Waals surface area contributed by atoms with Gasteiger partial charge in [-0.25, -0.2) is 4.79 Å². The maximum atomic E-state index is 12.3. The number of hydrogen-bond acceptors (Lipinski definition) is 3. The Kier molecular flexibility index (Phi) is 2.86. The summed E-state index contributed by atoms with van der Waals surface area (Å²) in [5.41, 5.74) is 1.26. The third-order valence-electron chi connectivity index (χ3n) is 3.52. The van der Waals surface area contributed by atoms with E-state index < -0.39 is 11.5 Å². The minimum absolute atomic E-state index is 0.205. The molecule has 0 aliphatic carbocycles. The standard InChI is InChI=1S/C15H13N3O3/c1-9-5-6-18(14(19)13(9)15(20)21)11-3-4-12-10(7-11)8-16-17(12)2/h3-8H,1-2H3,(H,20,21). The van der Waals surface area contributed by atoms with Crippen LogP contribution in [-0.2, 0) is 7.05 Å². The van der Waals surface area contributed by atoms with Gasteiger partial charge in [0.15, 0.2) is 0 Å². The van der Waals surface area contributed by atoms with Gasteiger partial charge in [-0.2, -0.15) is 5.10 Å². The third kappa shape index (κ3) is 2.01. The molecule has 0 saturated heterocycles. The highest BCUT2D eigenvalue weighted by Gasteiger charge is 2.15. The molecule has 2 aromatic heterocycles. The molecule has 0 unspecified atom stereocenters. The number of aryl methyl sites for hydroxylation is 2.